The van der Waals surface area contributed by atoms with Gasteiger partial charge in [-0.05, 0) is 39.2 Å². The number of hydrogen-bond donors (Lipinski definition) is 0. The molecule has 1 heteroatoms. The van der Waals surface area contributed by atoms with Crippen molar-refractivity contribution in [1.29, 1.82) is 0 Å². The monoisotopic (exact) mass is 206 g/mol. The molecule has 0 heterocycles. The maximum Gasteiger partial charge on any atom is 0.155 e. The van der Waals surface area contributed by atoms with Crippen LogP contribution in [0.15, 0.2) is 36.0 Å². The molecular formula is C14H22O. The highest BCUT2D eigenvalue weighted by molar-refractivity contribution is 5.89. The van der Waals surface area contributed by atoms with Gasteiger partial charge in [-0.15, -0.1) is 6.58 Å². The number of allylic oxidation sites excluding steroid dienone is 5. The van der Waals surface area contributed by atoms with E-state index in [9.17, 15) is 4.79 Å². The molecule has 1 nitrogen and oxygen atoms in total. The van der Waals surface area contributed by atoms with Gasteiger partial charge >= 0.3 is 0 Å². The zero-order valence-corrected chi connectivity index (χ0v) is 10.2. The Morgan fingerprint density at radius 2 is 1.93 bits per heavy atom. The molecule has 0 radical (unpaired) electrons. The van der Waals surface area contributed by atoms with Crippen molar-refractivity contribution in [1.82, 2.24) is 0 Å². The zero-order chi connectivity index (χ0) is 11.7. The first kappa shape index (κ1) is 13.9. The molecule has 0 aromatic carbocycles. The maximum absolute atomic E-state index is 11.0. The highest BCUT2D eigenvalue weighted by Crippen LogP contribution is 2.10. The summed E-state index contributed by atoms with van der Waals surface area (Å²) in [6.45, 7) is 9.89. The molecule has 84 valence electrons. The van der Waals surface area contributed by atoms with Crippen molar-refractivity contribution in [3.8, 4) is 0 Å². The molecule has 0 aromatic heterocycles. The Hall–Kier alpha value is -1.11. The molecule has 0 atom stereocenters. The molecule has 0 saturated carbocycles. The summed E-state index contributed by atoms with van der Waals surface area (Å²) in [5.41, 5.74) is 2.55. The Kier molecular flexibility index (Phi) is 7.61. The smallest absolute Gasteiger partial charge is 0.155 e. The number of carbonyl (C=O) groups is 1. The van der Waals surface area contributed by atoms with Crippen LogP contribution >= 0.6 is 0 Å². The van der Waals surface area contributed by atoms with Crippen LogP contribution in [0.25, 0.3) is 0 Å². The lowest BCUT2D eigenvalue weighted by Gasteiger charge is -1.99. The lowest BCUT2D eigenvalue weighted by Crippen LogP contribution is -1.86. The molecule has 0 spiro atoms. The van der Waals surface area contributed by atoms with E-state index >= 15 is 0 Å². The van der Waals surface area contributed by atoms with E-state index in [0.29, 0.717) is 6.42 Å². The van der Waals surface area contributed by atoms with Gasteiger partial charge in [0, 0.05) is 6.42 Å². The van der Waals surface area contributed by atoms with Crippen LogP contribution in [0.1, 0.15) is 46.5 Å². The third-order valence-electron chi connectivity index (χ3n) is 2.19. The number of carbonyl (C=O) groups excluding carboxylic acids is 1. The van der Waals surface area contributed by atoms with Crippen molar-refractivity contribution in [2.45, 2.75) is 46.5 Å². The van der Waals surface area contributed by atoms with Gasteiger partial charge in [0.25, 0.3) is 0 Å². The summed E-state index contributed by atoms with van der Waals surface area (Å²) in [5, 5.41) is 0. The van der Waals surface area contributed by atoms with Crippen LogP contribution in [0.3, 0.4) is 0 Å². The molecule has 0 fully saturated rings. The van der Waals surface area contributed by atoms with Crippen molar-refractivity contribution < 1.29 is 4.79 Å². The molecule has 0 amide bonds. The molecule has 0 aliphatic rings. The summed E-state index contributed by atoms with van der Waals surface area (Å²) in [6, 6.07) is 0. The molecule has 0 aliphatic heterocycles. The van der Waals surface area contributed by atoms with Crippen LogP contribution < -0.4 is 0 Å². The first-order valence-corrected chi connectivity index (χ1v) is 5.57. The Balaban J connectivity index is 3.83. The fourth-order valence-electron chi connectivity index (χ4n) is 1.19. The number of ketones is 1. The molecule has 0 unspecified atom stereocenters. The highest BCUT2D eigenvalue weighted by atomic mass is 16.1. The quantitative estimate of drug-likeness (QED) is 0.346. The molecule has 15 heavy (non-hydrogen) atoms. The van der Waals surface area contributed by atoms with E-state index in [1.807, 2.05) is 19.1 Å². The van der Waals surface area contributed by atoms with Crippen LogP contribution in [0.2, 0.25) is 0 Å². The minimum Gasteiger partial charge on any atom is -0.295 e. The molecular weight excluding hydrogens is 184 g/mol. The minimum absolute atomic E-state index is 0.181. The summed E-state index contributed by atoms with van der Waals surface area (Å²) in [7, 11) is 0. The van der Waals surface area contributed by atoms with E-state index in [1.165, 1.54) is 11.1 Å². The van der Waals surface area contributed by atoms with Gasteiger partial charge in [0.15, 0.2) is 5.78 Å². The molecule has 0 rings (SSSR count). The van der Waals surface area contributed by atoms with E-state index in [0.717, 1.165) is 19.3 Å². The molecule has 0 N–H and O–H groups in total. The predicted octanol–water partition coefficient (Wildman–Crippen LogP) is 4.21. The maximum atomic E-state index is 11.0. The second-order valence-electron chi connectivity index (χ2n) is 4.00. The van der Waals surface area contributed by atoms with E-state index in [-0.39, 0.29) is 5.78 Å². The van der Waals surface area contributed by atoms with Crippen molar-refractivity contribution in [2.24, 2.45) is 0 Å². The first-order chi connectivity index (χ1) is 7.06. The number of rotatable bonds is 7. The molecule has 0 saturated heterocycles. The van der Waals surface area contributed by atoms with Gasteiger partial charge in [-0.3, -0.25) is 4.79 Å². The van der Waals surface area contributed by atoms with Gasteiger partial charge < -0.3 is 0 Å². The minimum atomic E-state index is 0.181. The van der Waals surface area contributed by atoms with Crippen molar-refractivity contribution in [3.63, 3.8) is 0 Å². The van der Waals surface area contributed by atoms with Crippen molar-refractivity contribution >= 4 is 5.78 Å². The largest absolute Gasteiger partial charge is 0.295 e. The van der Waals surface area contributed by atoms with E-state index in [4.69, 9.17) is 0 Å². The zero-order valence-electron chi connectivity index (χ0n) is 10.2. The first-order valence-electron chi connectivity index (χ1n) is 5.57. The van der Waals surface area contributed by atoms with Crippen molar-refractivity contribution in [2.75, 3.05) is 0 Å². The van der Waals surface area contributed by atoms with Gasteiger partial charge in [-0.1, -0.05) is 30.2 Å². The van der Waals surface area contributed by atoms with E-state index < -0.39 is 0 Å². The summed E-state index contributed by atoms with van der Waals surface area (Å²) < 4.78 is 0. The summed E-state index contributed by atoms with van der Waals surface area (Å²) in [5.74, 6) is 0.181. The van der Waals surface area contributed by atoms with Gasteiger partial charge in [0.1, 0.15) is 0 Å². The van der Waals surface area contributed by atoms with Crippen LogP contribution in [0, 0.1) is 0 Å². The lowest BCUT2D eigenvalue weighted by molar-refractivity contribution is -0.114. The Bertz CT molecular complexity index is 269. The topological polar surface area (TPSA) is 17.1 Å². The Morgan fingerprint density at radius 3 is 2.47 bits per heavy atom. The van der Waals surface area contributed by atoms with Crippen LogP contribution in [-0.2, 0) is 4.79 Å². The fraction of sp³-hybridized carbons (Fsp3) is 0.500. The van der Waals surface area contributed by atoms with Crippen LogP contribution in [-0.4, -0.2) is 5.78 Å². The average molecular weight is 206 g/mol. The SMILES string of the molecule is C=C(C)CCCC(C)=CC=CC(=O)CC. The predicted molar refractivity (Wildman–Crippen MR) is 66.9 cm³/mol. The summed E-state index contributed by atoms with van der Waals surface area (Å²) >= 11 is 0. The lowest BCUT2D eigenvalue weighted by atomic mass is 10.1. The Morgan fingerprint density at radius 1 is 1.27 bits per heavy atom. The average Bonchev–Trinajstić information content (AvgIpc) is 2.17. The molecule has 0 bridgehead atoms. The Labute approximate surface area is 93.6 Å². The summed E-state index contributed by atoms with van der Waals surface area (Å²) in [4.78, 5) is 11.0. The third-order valence-corrected chi connectivity index (χ3v) is 2.19. The highest BCUT2D eigenvalue weighted by Gasteiger charge is 1.91. The van der Waals surface area contributed by atoms with Gasteiger partial charge in [-0.25, -0.2) is 0 Å². The number of hydrogen-bond acceptors (Lipinski definition) is 1. The van der Waals surface area contributed by atoms with Gasteiger partial charge in [0.2, 0.25) is 0 Å². The summed E-state index contributed by atoms with van der Waals surface area (Å²) in [6.07, 6.45) is 9.41. The van der Waals surface area contributed by atoms with Gasteiger partial charge in [-0.2, -0.15) is 0 Å². The van der Waals surface area contributed by atoms with Crippen molar-refractivity contribution in [3.05, 3.63) is 36.0 Å². The van der Waals surface area contributed by atoms with Crippen LogP contribution in [0.4, 0.5) is 0 Å². The second-order valence-corrected chi connectivity index (χ2v) is 4.00. The van der Waals surface area contributed by atoms with E-state index in [1.54, 1.807) is 6.08 Å². The standard InChI is InChI=1S/C14H22O/c1-5-14(15)11-7-10-13(4)9-6-8-12(2)3/h7,10-11H,2,5-6,8-9H2,1,3-4H3. The molecule has 0 aromatic rings. The fourth-order valence-corrected chi connectivity index (χ4v) is 1.19. The second kappa shape index (κ2) is 8.22. The van der Waals surface area contributed by atoms with Gasteiger partial charge in [0.05, 0.1) is 0 Å². The van der Waals surface area contributed by atoms with Crippen LogP contribution in [0.5, 0.6) is 0 Å². The molecule has 0 aliphatic carbocycles. The normalized spacial score (nSPS) is 12.1. The van der Waals surface area contributed by atoms with E-state index in [2.05, 4.69) is 20.4 Å². The third kappa shape index (κ3) is 9.20.